The fourth-order valence-electron chi connectivity index (χ4n) is 1.87. The summed E-state index contributed by atoms with van der Waals surface area (Å²) in [5.41, 5.74) is 0.837. The van der Waals surface area contributed by atoms with Gasteiger partial charge in [-0.1, -0.05) is 29.3 Å². The Morgan fingerprint density at radius 3 is 2.31 bits per heavy atom. The fourth-order valence-corrected chi connectivity index (χ4v) is 2.37. The third kappa shape index (κ3) is 2.69. The summed E-state index contributed by atoms with van der Waals surface area (Å²) in [5, 5.41) is 1.20. The van der Waals surface area contributed by atoms with Crippen LogP contribution in [0.15, 0.2) is 18.2 Å². The van der Waals surface area contributed by atoms with E-state index in [0.717, 1.165) is 12.0 Å². The lowest BCUT2D eigenvalue weighted by atomic mass is 10.1. The highest BCUT2D eigenvalue weighted by atomic mass is 35.5. The largest absolute Gasteiger partial charge is 0.345 e. The lowest BCUT2D eigenvalue weighted by Crippen LogP contribution is -2.30. The number of rotatable bonds is 1. The third-order valence-corrected chi connectivity index (χ3v) is 3.15. The van der Waals surface area contributed by atoms with Gasteiger partial charge in [0.15, 0.2) is 6.29 Å². The van der Waals surface area contributed by atoms with E-state index < -0.39 is 0 Å². The van der Waals surface area contributed by atoms with Gasteiger partial charge in [0.25, 0.3) is 0 Å². The first-order chi connectivity index (χ1) is 7.56. The van der Waals surface area contributed by atoms with Crippen molar-refractivity contribution in [3.05, 3.63) is 33.8 Å². The second kappa shape index (κ2) is 4.92. The van der Waals surface area contributed by atoms with Crippen LogP contribution in [0.25, 0.3) is 0 Å². The SMILES string of the molecule is CC1CC(C)OC(c2ccc(Cl)cc2Cl)O1. The van der Waals surface area contributed by atoms with Crippen molar-refractivity contribution in [3.8, 4) is 0 Å². The number of benzene rings is 1. The van der Waals surface area contributed by atoms with Crippen LogP contribution in [-0.2, 0) is 9.47 Å². The molecule has 1 aromatic carbocycles. The average Bonchev–Trinajstić information content (AvgIpc) is 2.15. The van der Waals surface area contributed by atoms with Crippen molar-refractivity contribution in [3.63, 3.8) is 0 Å². The quantitative estimate of drug-likeness (QED) is 0.754. The van der Waals surface area contributed by atoms with Crippen molar-refractivity contribution in [2.24, 2.45) is 0 Å². The molecule has 2 unspecified atom stereocenters. The molecule has 2 rings (SSSR count). The molecule has 0 spiro atoms. The zero-order chi connectivity index (χ0) is 11.7. The summed E-state index contributed by atoms with van der Waals surface area (Å²) in [4.78, 5) is 0. The van der Waals surface area contributed by atoms with Gasteiger partial charge in [0.2, 0.25) is 0 Å². The number of hydrogen-bond donors (Lipinski definition) is 0. The molecule has 2 atom stereocenters. The summed E-state index contributed by atoms with van der Waals surface area (Å²) in [7, 11) is 0. The van der Waals surface area contributed by atoms with E-state index in [4.69, 9.17) is 32.7 Å². The molecule has 0 aromatic heterocycles. The smallest absolute Gasteiger partial charge is 0.185 e. The van der Waals surface area contributed by atoms with Gasteiger partial charge in [-0.15, -0.1) is 0 Å². The molecule has 0 N–H and O–H groups in total. The van der Waals surface area contributed by atoms with Crippen LogP contribution in [0, 0.1) is 0 Å². The Bertz CT molecular complexity index is 371. The predicted molar refractivity (Wildman–Crippen MR) is 64.9 cm³/mol. The van der Waals surface area contributed by atoms with E-state index >= 15 is 0 Å². The summed E-state index contributed by atoms with van der Waals surface area (Å²) >= 11 is 12.0. The maximum atomic E-state index is 6.11. The lowest BCUT2D eigenvalue weighted by Gasteiger charge is -2.33. The number of ether oxygens (including phenoxy) is 2. The van der Waals surface area contributed by atoms with Crippen LogP contribution in [0.4, 0.5) is 0 Å². The second-order valence-electron chi connectivity index (χ2n) is 4.13. The van der Waals surface area contributed by atoms with E-state index in [9.17, 15) is 0 Å². The molecule has 0 saturated carbocycles. The maximum absolute atomic E-state index is 6.11. The molecule has 1 aliphatic heterocycles. The van der Waals surface area contributed by atoms with Gasteiger partial charge in [0, 0.05) is 10.6 Å². The number of halogens is 2. The van der Waals surface area contributed by atoms with Crippen molar-refractivity contribution < 1.29 is 9.47 Å². The molecule has 1 saturated heterocycles. The highest BCUT2D eigenvalue weighted by Crippen LogP contribution is 2.34. The molecule has 1 aliphatic rings. The van der Waals surface area contributed by atoms with E-state index in [-0.39, 0.29) is 18.5 Å². The van der Waals surface area contributed by atoms with Gasteiger partial charge in [0.05, 0.1) is 17.2 Å². The normalized spacial score (nSPS) is 30.4. The monoisotopic (exact) mass is 260 g/mol. The van der Waals surface area contributed by atoms with Crippen LogP contribution in [0.3, 0.4) is 0 Å². The van der Waals surface area contributed by atoms with Gasteiger partial charge in [-0.25, -0.2) is 0 Å². The molecule has 1 fully saturated rings. The Labute approximate surface area is 105 Å². The molecular weight excluding hydrogens is 247 g/mol. The van der Waals surface area contributed by atoms with Crippen LogP contribution in [-0.4, -0.2) is 12.2 Å². The summed E-state index contributed by atoms with van der Waals surface area (Å²) in [5.74, 6) is 0. The van der Waals surface area contributed by atoms with Gasteiger partial charge in [-0.05, 0) is 32.4 Å². The van der Waals surface area contributed by atoms with Crippen LogP contribution in [0.1, 0.15) is 32.1 Å². The van der Waals surface area contributed by atoms with Crippen LogP contribution in [0.5, 0.6) is 0 Å². The first kappa shape index (κ1) is 12.2. The average molecular weight is 261 g/mol. The molecule has 16 heavy (non-hydrogen) atoms. The highest BCUT2D eigenvalue weighted by molar-refractivity contribution is 6.35. The number of hydrogen-bond acceptors (Lipinski definition) is 2. The van der Waals surface area contributed by atoms with Crippen molar-refractivity contribution in [1.29, 1.82) is 0 Å². The highest BCUT2D eigenvalue weighted by Gasteiger charge is 2.27. The molecule has 88 valence electrons. The first-order valence-electron chi connectivity index (χ1n) is 5.32. The minimum Gasteiger partial charge on any atom is -0.345 e. The van der Waals surface area contributed by atoms with Crippen LogP contribution in [0.2, 0.25) is 10.0 Å². The molecule has 4 heteroatoms. The van der Waals surface area contributed by atoms with E-state index in [2.05, 4.69) is 0 Å². The Morgan fingerprint density at radius 1 is 1.12 bits per heavy atom. The van der Waals surface area contributed by atoms with Gasteiger partial charge < -0.3 is 9.47 Å². The van der Waals surface area contributed by atoms with Gasteiger partial charge in [-0.2, -0.15) is 0 Å². The standard InChI is InChI=1S/C12H14Cl2O2/c1-7-5-8(2)16-12(15-7)10-4-3-9(13)6-11(10)14/h3-4,6-8,12H,5H2,1-2H3. The summed E-state index contributed by atoms with van der Waals surface area (Å²) in [6.07, 6.45) is 0.881. The van der Waals surface area contributed by atoms with E-state index in [0.29, 0.717) is 10.0 Å². The lowest BCUT2D eigenvalue weighted by molar-refractivity contribution is -0.239. The van der Waals surface area contributed by atoms with Crippen molar-refractivity contribution in [2.45, 2.75) is 38.8 Å². The van der Waals surface area contributed by atoms with Crippen molar-refractivity contribution in [1.82, 2.24) is 0 Å². The van der Waals surface area contributed by atoms with E-state index in [1.54, 1.807) is 12.1 Å². The zero-order valence-corrected chi connectivity index (χ0v) is 10.8. The Balaban J connectivity index is 2.23. The minimum absolute atomic E-state index is 0.181. The molecule has 0 bridgehead atoms. The second-order valence-corrected chi connectivity index (χ2v) is 4.97. The third-order valence-electron chi connectivity index (χ3n) is 2.59. The van der Waals surface area contributed by atoms with E-state index in [1.165, 1.54) is 0 Å². The summed E-state index contributed by atoms with van der Waals surface area (Å²) in [6, 6.07) is 5.34. The summed E-state index contributed by atoms with van der Waals surface area (Å²) in [6.45, 7) is 4.08. The minimum atomic E-state index is -0.386. The molecule has 0 aliphatic carbocycles. The zero-order valence-electron chi connectivity index (χ0n) is 9.24. The van der Waals surface area contributed by atoms with Gasteiger partial charge in [-0.3, -0.25) is 0 Å². The Morgan fingerprint density at radius 2 is 1.75 bits per heavy atom. The molecule has 2 nitrogen and oxygen atoms in total. The maximum Gasteiger partial charge on any atom is 0.185 e. The van der Waals surface area contributed by atoms with Crippen molar-refractivity contribution >= 4 is 23.2 Å². The van der Waals surface area contributed by atoms with Crippen LogP contribution < -0.4 is 0 Å². The van der Waals surface area contributed by atoms with Crippen molar-refractivity contribution in [2.75, 3.05) is 0 Å². The van der Waals surface area contributed by atoms with Gasteiger partial charge >= 0.3 is 0 Å². The van der Waals surface area contributed by atoms with Crippen LogP contribution >= 0.6 is 23.2 Å². The predicted octanol–water partition coefficient (Wildman–Crippen LogP) is 4.21. The molecule has 0 radical (unpaired) electrons. The molecule has 0 amide bonds. The topological polar surface area (TPSA) is 18.5 Å². The van der Waals surface area contributed by atoms with E-state index in [1.807, 2.05) is 19.9 Å². The molecule has 1 heterocycles. The Kier molecular flexibility index (Phi) is 3.75. The fraction of sp³-hybridized carbons (Fsp3) is 0.500. The summed E-state index contributed by atoms with van der Waals surface area (Å²) < 4.78 is 11.4. The molecule has 1 aromatic rings. The molecular formula is C12H14Cl2O2. The first-order valence-corrected chi connectivity index (χ1v) is 6.07. The van der Waals surface area contributed by atoms with Gasteiger partial charge in [0.1, 0.15) is 0 Å². The Hall–Kier alpha value is -0.280.